The number of hydrogen-bond donors (Lipinski definition) is 1. The summed E-state index contributed by atoms with van der Waals surface area (Å²) >= 11 is 4.70. The third kappa shape index (κ3) is 3.64. The third-order valence-electron chi connectivity index (χ3n) is 2.95. The van der Waals surface area contributed by atoms with E-state index in [1.807, 2.05) is 6.92 Å². The number of alkyl halides is 3. The molecule has 1 atom stereocenters. The average Bonchev–Trinajstić information content (AvgIpc) is 2.82. The normalized spacial score (nSPS) is 13.4. The van der Waals surface area contributed by atoms with Crippen LogP contribution in [0, 0.1) is 5.82 Å². The van der Waals surface area contributed by atoms with E-state index in [1.165, 1.54) is 11.3 Å². The van der Waals surface area contributed by atoms with Crippen molar-refractivity contribution in [2.24, 2.45) is 0 Å². The standard InChI is InChI=1S/C14H12BrF4NS/c1-2-20-12(13-10(15)5-6-21-13)9-7-8(14(17,18)19)3-4-11(9)16/h3-7,12,20H,2H2,1H3. The average molecular weight is 382 g/mol. The third-order valence-corrected chi connectivity index (χ3v) is 4.89. The second-order valence-electron chi connectivity index (χ2n) is 4.36. The molecule has 7 heteroatoms. The lowest BCUT2D eigenvalue weighted by atomic mass is 10.0. The molecule has 21 heavy (non-hydrogen) atoms. The highest BCUT2D eigenvalue weighted by atomic mass is 79.9. The number of nitrogens with one attached hydrogen (secondary N) is 1. The van der Waals surface area contributed by atoms with Crippen molar-refractivity contribution in [1.29, 1.82) is 0 Å². The van der Waals surface area contributed by atoms with Gasteiger partial charge in [-0.1, -0.05) is 6.92 Å². The van der Waals surface area contributed by atoms with Gasteiger partial charge in [0, 0.05) is 14.9 Å². The maximum Gasteiger partial charge on any atom is 0.416 e. The summed E-state index contributed by atoms with van der Waals surface area (Å²) in [4.78, 5) is 0.745. The van der Waals surface area contributed by atoms with E-state index in [0.29, 0.717) is 6.54 Å². The Bertz CT molecular complexity index is 624. The Morgan fingerprint density at radius 3 is 2.52 bits per heavy atom. The van der Waals surface area contributed by atoms with Crippen LogP contribution in [-0.4, -0.2) is 6.54 Å². The zero-order valence-corrected chi connectivity index (χ0v) is 13.4. The molecule has 0 saturated heterocycles. The fraction of sp³-hybridized carbons (Fsp3) is 0.286. The Morgan fingerprint density at radius 1 is 1.29 bits per heavy atom. The van der Waals surface area contributed by atoms with Gasteiger partial charge in [-0.05, 0) is 52.1 Å². The van der Waals surface area contributed by atoms with Gasteiger partial charge < -0.3 is 5.32 Å². The van der Waals surface area contributed by atoms with Gasteiger partial charge in [-0.2, -0.15) is 13.2 Å². The quantitative estimate of drug-likeness (QED) is 0.702. The Labute approximate surface area is 132 Å². The maximum atomic E-state index is 14.0. The summed E-state index contributed by atoms with van der Waals surface area (Å²) in [6, 6.07) is 3.66. The highest BCUT2D eigenvalue weighted by Crippen LogP contribution is 2.37. The van der Waals surface area contributed by atoms with Crippen LogP contribution >= 0.6 is 27.3 Å². The van der Waals surface area contributed by atoms with Crippen LogP contribution in [0.3, 0.4) is 0 Å². The van der Waals surface area contributed by atoms with Crippen LogP contribution in [0.4, 0.5) is 17.6 Å². The van der Waals surface area contributed by atoms with Crippen LogP contribution in [0.1, 0.15) is 29.0 Å². The fourth-order valence-corrected chi connectivity index (χ4v) is 3.69. The molecule has 0 spiro atoms. The first-order valence-corrected chi connectivity index (χ1v) is 7.84. The number of benzene rings is 1. The molecule has 0 bridgehead atoms. The Hall–Kier alpha value is -0.920. The van der Waals surface area contributed by atoms with Crippen LogP contribution in [0.5, 0.6) is 0 Å². The molecule has 114 valence electrons. The monoisotopic (exact) mass is 381 g/mol. The number of hydrogen-bond acceptors (Lipinski definition) is 2. The van der Waals surface area contributed by atoms with E-state index in [-0.39, 0.29) is 5.56 Å². The van der Waals surface area contributed by atoms with Crippen molar-refractivity contribution in [1.82, 2.24) is 5.32 Å². The fourth-order valence-electron chi connectivity index (χ4n) is 2.00. The molecule has 2 rings (SSSR count). The van der Waals surface area contributed by atoms with Crippen LogP contribution in [-0.2, 0) is 6.18 Å². The molecule has 1 heterocycles. The van der Waals surface area contributed by atoms with Gasteiger partial charge in [0.15, 0.2) is 0 Å². The molecule has 0 aliphatic rings. The lowest BCUT2D eigenvalue weighted by molar-refractivity contribution is -0.137. The van der Waals surface area contributed by atoms with Crippen molar-refractivity contribution in [3.05, 3.63) is 55.9 Å². The van der Waals surface area contributed by atoms with Gasteiger partial charge in [0.25, 0.3) is 0 Å². The molecular formula is C14H12BrF4NS. The molecule has 1 nitrogen and oxygen atoms in total. The number of rotatable bonds is 4. The Balaban J connectivity index is 2.52. The largest absolute Gasteiger partial charge is 0.416 e. The summed E-state index contributed by atoms with van der Waals surface area (Å²) in [7, 11) is 0. The maximum absolute atomic E-state index is 14.0. The lowest BCUT2D eigenvalue weighted by Gasteiger charge is -2.20. The molecule has 0 aliphatic carbocycles. The molecule has 1 N–H and O–H groups in total. The molecule has 1 unspecified atom stereocenters. The minimum absolute atomic E-state index is 0.00479. The smallest absolute Gasteiger partial charge is 0.306 e. The molecule has 0 aliphatic heterocycles. The zero-order chi connectivity index (χ0) is 15.6. The van der Waals surface area contributed by atoms with Gasteiger partial charge in [-0.3, -0.25) is 0 Å². The predicted octanol–water partition coefficient (Wildman–Crippen LogP) is 5.37. The van der Waals surface area contributed by atoms with E-state index in [1.54, 1.807) is 11.4 Å². The topological polar surface area (TPSA) is 12.0 Å². The second kappa shape index (κ2) is 6.46. The summed E-state index contributed by atoms with van der Waals surface area (Å²) in [5, 5.41) is 4.84. The van der Waals surface area contributed by atoms with Crippen LogP contribution in [0.2, 0.25) is 0 Å². The van der Waals surface area contributed by atoms with Gasteiger partial charge in [0.1, 0.15) is 5.82 Å². The van der Waals surface area contributed by atoms with E-state index in [4.69, 9.17) is 0 Å². The predicted molar refractivity (Wildman–Crippen MR) is 78.9 cm³/mol. The molecule has 0 radical (unpaired) electrons. The van der Waals surface area contributed by atoms with E-state index < -0.39 is 23.6 Å². The SMILES string of the molecule is CCNC(c1cc(C(F)(F)F)ccc1F)c1sccc1Br. The van der Waals surface area contributed by atoms with E-state index >= 15 is 0 Å². The van der Waals surface area contributed by atoms with Gasteiger partial charge >= 0.3 is 6.18 Å². The van der Waals surface area contributed by atoms with Crippen LogP contribution in [0.15, 0.2) is 34.1 Å². The minimum Gasteiger partial charge on any atom is -0.306 e. The molecular weight excluding hydrogens is 370 g/mol. The summed E-state index contributed by atoms with van der Waals surface area (Å²) in [6.45, 7) is 2.32. The van der Waals surface area contributed by atoms with Crippen LogP contribution < -0.4 is 5.32 Å². The van der Waals surface area contributed by atoms with Crippen LogP contribution in [0.25, 0.3) is 0 Å². The first-order chi connectivity index (χ1) is 9.84. The van der Waals surface area contributed by atoms with Crippen molar-refractivity contribution >= 4 is 27.3 Å². The Kier molecular flexibility index (Phi) is 5.06. The summed E-state index contributed by atoms with van der Waals surface area (Å²) in [6.07, 6.45) is -4.49. The zero-order valence-electron chi connectivity index (χ0n) is 11.0. The highest BCUT2D eigenvalue weighted by molar-refractivity contribution is 9.10. The number of halogens is 5. The van der Waals surface area contributed by atoms with E-state index in [0.717, 1.165) is 27.5 Å². The van der Waals surface area contributed by atoms with E-state index in [9.17, 15) is 17.6 Å². The molecule has 1 aromatic carbocycles. The van der Waals surface area contributed by atoms with Gasteiger partial charge in [-0.15, -0.1) is 11.3 Å². The van der Waals surface area contributed by atoms with Crippen molar-refractivity contribution < 1.29 is 17.6 Å². The second-order valence-corrected chi connectivity index (χ2v) is 6.16. The van der Waals surface area contributed by atoms with Crippen molar-refractivity contribution in [2.75, 3.05) is 6.54 Å². The molecule has 0 amide bonds. The summed E-state index contributed by atoms with van der Waals surface area (Å²) in [5.74, 6) is -0.658. The highest BCUT2D eigenvalue weighted by Gasteiger charge is 2.32. The van der Waals surface area contributed by atoms with Crippen molar-refractivity contribution in [3.63, 3.8) is 0 Å². The number of thiophene rings is 1. The summed E-state index contributed by atoms with van der Waals surface area (Å²) in [5.41, 5.74) is -0.857. The van der Waals surface area contributed by atoms with E-state index in [2.05, 4.69) is 21.2 Å². The van der Waals surface area contributed by atoms with Crippen molar-refractivity contribution in [2.45, 2.75) is 19.1 Å². The summed E-state index contributed by atoms with van der Waals surface area (Å²) < 4.78 is 53.2. The van der Waals surface area contributed by atoms with Gasteiger partial charge in [-0.25, -0.2) is 4.39 Å². The van der Waals surface area contributed by atoms with Gasteiger partial charge in [0.2, 0.25) is 0 Å². The van der Waals surface area contributed by atoms with Gasteiger partial charge in [0.05, 0.1) is 11.6 Å². The first-order valence-electron chi connectivity index (χ1n) is 6.17. The molecule has 1 aromatic heterocycles. The lowest BCUT2D eigenvalue weighted by Crippen LogP contribution is -2.23. The molecule has 2 aromatic rings. The molecule has 0 fully saturated rings. The Morgan fingerprint density at radius 2 is 2.00 bits per heavy atom. The molecule has 0 saturated carbocycles. The van der Waals surface area contributed by atoms with Crippen molar-refractivity contribution in [3.8, 4) is 0 Å². The minimum atomic E-state index is -4.49. The first kappa shape index (κ1) is 16.5.